The Kier molecular flexibility index (Phi) is 5.95. The lowest BCUT2D eigenvalue weighted by molar-refractivity contribution is -0.131. The zero-order valence-corrected chi connectivity index (χ0v) is 22.4. The van der Waals surface area contributed by atoms with Gasteiger partial charge in [-0.1, -0.05) is 61.5 Å². The molecule has 0 saturated carbocycles. The monoisotopic (exact) mass is 529 g/mol. The molecule has 7 rings (SSSR count). The van der Waals surface area contributed by atoms with E-state index < -0.39 is 0 Å². The molecule has 0 radical (unpaired) electrons. The van der Waals surface area contributed by atoms with Gasteiger partial charge in [-0.05, 0) is 52.4 Å². The molecular formula is C32H31N7O. The topological polar surface area (TPSA) is 92.1 Å². The Balaban J connectivity index is 1.23. The third kappa shape index (κ3) is 4.25. The van der Waals surface area contributed by atoms with Crippen molar-refractivity contribution in [2.24, 2.45) is 15.8 Å². The van der Waals surface area contributed by atoms with E-state index in [1.165, 1.54) is 23.0 Å². The lowest BCUT2D eigenvalue weighted by Gasteiger charge is -2.31. The van der Waals surface area contributed by atoms with Crippen LogP contribution in [0.3, 0.4) is 0 Å². The second kappa shape index (κ2) is 9.79. The largest absolute Gasteiger partial charge is 0.385 e. The van der Waals surface area contributed by atoms with Gasteiger partial charge in [0.2, 0.25) is 5.91 Å². The molecule has 1 aromatic heterocycles. The van der Waals surface area contributed by atoms with Crippen LogP contribution in [0.4, 0.5) is 0 Å². The van der Waals surface area contributed by atoms with Gasteiger partial charge in [0.05, 0.1) is 17.8 Å². The molecule has 4 heterocycles. The SMILES string of the molecule is CCC(=O)N1CCc2ccc(C3=CC(c4ccc5cn(Cc6ccccc6)nc5c4)C4C(N)=NC=NN34)cc2C1. The van der Waals surface area contributed by atoms with E-state index in [-0.39, 0.29) is 17.9 Å². The van der Waals surface area contributed by atoms with Gasteiger partial charge in [0.1, 0.15) is 18.2 Å². The van der Waals surface area contributed by atoms with Crippen LogP contribution in [0.5, 0.6) is 0 Å². The lowest BCUT2D eigenvalue weighted by Crippen LogP contribution is -2.43. The molecule has 8 nitrogen and oxygen atoms in total. The van der Waals surface area contributed by atoms with Crippen molar-refractivity contribution in [2.75, 3.05) is 6.54 Å². The minimum atomic E-state index is -0.210. The van der Waals surface area contributed by atoms with Crippen molar-refractivity contribution in [3.8, 4) is 0 Å². The second-order valence-corrected chi connectivity index (χ2v) is 10.7. The summed E-state index contributed by atoms with van der Waals surface area (Å²) in [4.78, 5) is 18.7. The van der Waals surface area contributed by atoms with Crippen LogP contribution < -0.4 is 5.73 Å². The summed E-state index contributed by atoms with van der Waals surface area (Å²) in [7, 11) is 0. The molecule has 0 spiro atoms. The van der Waals surface area contributed by atoms with Crippen LogP contribution in [0.2, 0.25) is 0 Å². The number of hydrazone groups is 1. The number of amides is 1. The first-order valence-electron chi connectivity index (χ1n) is 13.8. The number of nitrogens with two attached hydrogens (primary N) is 1. The third-order valence-electron chi connectivity index (χ3n) is 8.19. The number of nitrogens with zero attached hydrogens (tertiary/aromatic N) is 6. The Morgan fingerprint density at radius 3 is 2.77 bits per heavy atom. The molecule has 2 atom stereocenters. The van der Waals surface area contributed by atoms with Crippen LogP contribution in [0.15, 0.2) is 89.1 Å². The molecule has 0 bridgehead atoms. The number of hydrogen-bond acceptors (Lipinski definition) is 6. The van der Waals surface area contributed by atoms with E-state index in [4.69, 9.17) is 10.8 Å². The molecule has 40 heavy (non-hydrogen) atoms. The first kappa shape index (κ1) is 24.3. The summed E-state index contributed by atoms with van der Waals surface area (Å²) < 4.78 is 1.99. The van der Waals surface area contributed by atoms with Crippen LogP contribution >= 0.6 is 0 Å². The van der Waals surface area contributed by atoms with Gasteiger partial charge in [-0.15, -0.1) is 0 Å². The Morgan fingerprint density at radius 2 is 1.93 bits per heavy atom. The maximum atomic E-state index is 12.4. The summed E-state index contributed by atoms with van der Waals surface area (Å²) in [6.07, 6.45) is 7.27. The van der Waals surface area contributed by atoms with Gasteiger partial charge in [-0.2, -0.15) is 10.2 Å². The minimum absolute atomic E-state index is 0.0333. The fraction of sp³-hybridized carbons (Fsp3) is 0.250. The number of rotatable bonds is 5. The molecule has 0 aliphatic carbocycles. The van der Waals surface area contributed by atoms with Gasteiger partial charge in [-0.3, -0.25) is 14.5 Å². The highest BCUT2D eigenvalue weighted by Crippen LogP contribution is 2.42. The van der Waals surface area contributed by atoms with Gasteiger partial charge < -0.3 is 10.6 Å². The van der Waals surface area contributed by atoms with E-state index in [1.807, 2.05) is 39.7 Å². The van der Waals surface area contributed by atoms with Crippen molar-refractivity contribution in [3.05, 3.63) is 107 Å². The third-order valence-corrected chi connectivity index (χ3v) is 8.19. The average molecular weight is 530 g/mol. The second-order valence-electron chi connectivity index (χ2n) is 10.7. The number of fused-ring (bicyclic) bond motifs is 3. The molecule has 2 unspecified atom stereocenters. The normalized spacial score (nSPS) is 19.8. The van der Waals surface area contributed by atoms with E-state index in [2.05, 4.69) is 70.9 Å². The number of aromatic nitrogens is 2. The summed E-state index contributed by atoms with van der Waals surface area (Å²) in [6.45, 7) is 4.07. The number of benzene rings is 3. The molecule has 4 aromatic rings. The van der Waals surface area contributed by atoms with Crippen LogP contribution in [0.1, 0.15) is 47.1 Å². The fourth-order valence-electron chi connectivity index (χ4n) is 6.11. The Bertz CT molecular complexity index is 1700. The van der Waals surface area contributed by atoms with E-state index in [1.54, 1.807) is 0 Å². The van der Waals surface area contributed by atoms with Crippen molar-refractivity contribution in [3.63, 3.8) is 0 Å². The molecule has 2 N–H and O–H groups in total. The number of amidine groups is 1. The van der Waals surface area contributed by atoms with Crippen LogP contribution in [0.25, 0.3) is 16.6 Å². The first-order valence-corrected chi connectivity index (χ1v) is 13.8. The highest BCUT2D eigenvalue weighted by atomic mass is 16.2. The highest BCUT2D eigenvalue weighted by Gasteiger charge is 2.40. The molecular weight excluding hydrogens is 498 g/mol. The average Bonchev–Trinajstić information content (AvgIpc) is 3.58. The van der Waals surface area contributed by atoms with Gasteiger partial charge in [0.15, 0.2) is 0 Å². The van der Waals surface area contributed by atoms with Crippen LogP contribution in [-0.2, 0) is 24.3 Å². The smallest absolute Gasteiger partial charge is 0.222 e. The molecule has 0 saturated heterocycles. The maximum Gasteiger partial charge on any atom is 0.222 e. The first-order chi connectivity index (χ1) is 19.6. The Hall–Kier alpha value is -4.72. The molecule has 200 valence electrons. The lowest BCUT2D eigenvalue weighted by atomic mass is 9.91. The predicted molar refractivity (Wildman–Crippen MR) is 158 cm³/mol. The molecule has 8 heteroatoms. The molecule has 0 fully saturated rings. The van der Waals surface area contributed by atoms with Crippen molar-refractivity contribution in [1.29, 1.82) is 0 Å². The summed E-state index contributed by atoms with van der Waals surface area (Å²) in [5, 5.41) is 12.6. The molecule has 1 amide bonds. The van der Waals surface area contributed by atoms with E-state index >= 15 is 0 Å². The molecule has 3 aromatic carbocycles. The van der Waals surface area contributed by atoms with E-state index in [0.29, 0.717) is 18.8 Å². The van der Waals surface area contributed by atoms with Gasteiger partial charge in [0, 0.05) is 37.0 Å². The standard InChI is InChI=1S/C32H31N7O/c1-2-30(40)37-13-12-22-8-10-24(14-26(22)18-37)29-16-27(31-32(33)34-20-35-39(29)31)23-9-11-25-19-38(36-28(25)15-23)17-21-6-4-3-5-7-21/h3-11,14-16,19-20,27,31H,2,12-13,17-18H2,1H3,(H2,33,34,35). The van der Waals surface area contributed by atoms with Crippen molar-refractivity contribution >= 4 is 34.7 Å². The quantitative estimate of drug-likeness (QED) is 0.412. The summed E-state index contributed by atoms with van der Waals surface area (Å²) in [5.74, 6) is 0.704. The van der Waals surface area contributed by atoms with Crippen molar-refractivity contribution < 1.29 is 4.79 Å². The maximum absolute atomic E-state index is 12.4. The van der Waals surface area contributed by atoms with Gasteiger partial charge in [-0.25, -0.2) is 4.99 Å². The zero-order valence-electron chi connectivity index (χ0n) is 22.4. The van der Waals surface area contributed by atoms with Crippen molar-refractivity contribution in [2.45, 2.75) is 44.8 Å². The Morgan fingerprint density at radius 1 is 1.05 bits per heavy atom. The van der Waals surface area contributed by atoms with Crippen LogP contribution in [-0.4, -0.2) is 50.4 Å². The van der Waals surface area contributed by atoms with Crippen LogP contribution in [0, 0.1) is 0 Å². The number of aliphatic imine (C=N–C) groups is 1. The van der Waals surface area contributed by atoms with Crippen molar-refractivity contribution in [1.82, 2.24) is 19.7 Å². The Labute approximate surface area is 233 Å². The predicted octanol–water partition coefficient (Wildman–Crippen LogP) is 4.50. The number of carbonyl (C=O) groups is 1. The summed E-state index contributed by atoms with van der Waals surface area (Å²) in [5.41, 5.74) is 14.3. The minimum Gasteiger partial charge on any atom is -0.385 e. The summed E-state index contributed by atoms with van der Waals surface area (Å²) in [6, 6.07) is 23.2. The zero-order chi connectivity index (χ0) is 27.2. The molecule has 3 aliphatic rings. The summed E-state index contributed by atoms with van der Waals surface area (Å²) >= 11 is 0. The van der Waals surface area contributed by atoms with E-state index in [9.17, 15) is 4.79 Å². The van der Waals surface area contributed by atoms with Gasteiger partial charge in [0.25, 0.3) is 0 Å². The highest BCUT2D eigenvalue weighted by molar-refractivity contribution is 5.97. The van der Waals surface area contributed by atoms with Gasteiger partial charge >= 0.3 is 0 Å². The molecule has 3 aliphatic heterocycles. The fourth-order valence-corrected chi connectivity index (χ4v) is 6.11. The van der Waals surface area contributed by atoms with E-state index in [0.717, 1.165) is 47.2 Å². The number of hydrogen-bond donors (Lipinski definition) is 1. The number of carbonyl (C=O) groups excluding carboxylic acids is 1.